The van der Waals surface area contributed by atoms with Crippen LogP contribution in [0.3, 0.4) is 0 Å². The van der Waals surface area contributed by atoms with Crippen molar-refractivity contribution >= 4 is 5.57 Å². The molecule has 2 nitrogen and oxygen atoms in total. The lowest BCUT2D eigenvalue weighted by Gasteiger charge is -2.01. The molecule has 2 aliphatic heterocycles. The van der Waals surface area contributed by atoms with Crippen molar-refractivity contribution in [2.24, 2.45) is 0 Å². The third-order valence-electron chi connectivity index (χ3n) is 2.57. The fourth-order valence-electron chi connectivity index (χ4n) is 2.02. The van der Waals surface area contributed by atoms with Gasteiger partial charge in [-0.1, -0.05) is 0 Å². The van der Waals surface area contributed by atoms with E-state index in [0.717, 1.165) is 19.6 Å². The Bertz CT molecular complexity index is 333. The van der Waals surface area contributed by atoms with Crippen molar-refractivity contribution in [1.82, 2.24) is 9.88 Å². The maximum Gasteiger partial charge on any atom is 0.0456 e. The molecule has 0 radical (unpaired) electrons. The molecule has 0 aliphatic carbocycles. The van der Waals surface area contributed by atoms with E-state index in [9.17, 15) is 0 Å². The molecule has 1 aromatic rings. The number of hydrogen-bond donors (Lipinski definition) is 1. The zero-order chi connectivity index (χ0) is 7.26. The minimum absolute atomic E-state index is 1.07. The molecular weight excluding hydrogens is 136 g/mol. The Hall–Kier alpha value is -1.02. The van der Waals surface area contributed by atoms with Crippen LogP contribution in [0.4, 0.5) is 0 Å². The molecule has 11 heavy (non-hydrogen) atoms. The van der Waals surface area contributed by atoms with E-state index >= 15 is 0 Å². The van der Waals surface area contributed by atoms with E-state index in [1.807, 2.05) is 0 Å². The van der Waals surface area contributed by atoms with Gasteiger partial charge in [-0.15, -0.1) is 0 Å². The summed E-state index contributed by atoms with van der Waals surface area (Å²) in [5, 5.41) is 3.37. The van der Waals surface area contributed by atoms with Crippen LogP contribution < -0.4 is 5.32 Å². The van der Waals surface area contributed by atoms with E-state index in [4.69, 9.17) is 0 Å². The van der Waals surface area contributed by atoms with Gasteiger partial charge in [0.05, 0.1) is 0 Å². The first-order chi connectivity index (χ1) is 5.45. The van der Waals surface area contributed by atoms with E-state index in [-0.39, 0.29) is 0 Å². The van der Waals surface area contributed by atoms with Gasteiger partial charge in [-0.2, -0.15) is 0 Å². The summed E-state index contributed by atoms with van der Waals surface area (Å²) in [5.41, 5.74) is 4.54. The molecule has 3 rings (SSSR count). The zero-order valence-corrected chi connectivity index (χ0v) is 6.30. The third kappa shape index (κ3) is 0.601. The van der Waals surface area contributed by atoms with Gasteiger partial charge in [0.25, 0.3) is 0 Å². The summed E-state index contributed by atoms with van der Waals surface area (Å²) in [5.74, 6) is 0. The van der Waals surface area contributed by atoms with Gasteiger partial charge >= 0.3 is 0 Å². The highest BCUT2D eigenvalue weighted by Gasteiger charge is 2.23. The molecule has 0 unspecified atom stereocenters. The number of nitrogens with zero attached hydrogens (tertiary/aromatic N) is 1. The average Bonchev–Trinajstić information content (AvgIpc) is 2.52. The summed E-state index contributed by atoms with van der Waals surface area (Å²) in [4.78, 5) is 0. The Kier molecular flexibility index (Phi) is 0.902. The van der Waals surface area contributed by atoms with Crippen LogP contribution in [0.1, 0.15) is 5.69 Å². The SMILES string of the molecule is c1cc2n(c1)CC1=C2CNC1. The predicted molar refractivity (Wildman–Crippen MR) is 44.2 cm³/mol. The number of fused-ring (bicyclic) bond motifs is 2. The first-order valence-electron chi connectivity index (χ1n) is 4.02. The van der Waals surface area contributed by atoms with Crippen molar-refractivity contribution < 1.29 is 0 Å². The zero-order valence-electron chi connectivity index (χ0n) is 6.30. The lowest BCUT2D eigenvalue weighted by Crippen LogP contribution is -2.13. The lowest BCUT2D eigenvalue weighted by atomic mass is 10.1. The van der Waals surface area contributed by atoms with E-state index in [2.05, 4.69) is 28.2 Å². The molecule has 0 fully saturated rings. The Balaban J connectivity index is 2.20. The van der Waals surface area contributed by atoms with Crippen molar-refractivity contribution in [1.29, 1.82) is 0 Å². The summed E-state index contributed by atoms with van der Waals surface area (Å²) in [6, 6.07) is 4.33. The minimum atomic E-state index is 1.07. The molecular formula is C9H10N2. The summed E-state index contributed by atoms with van der Waals surface area (Å²) in [6.45, 7) is 3.28. The van der Waals surface area contributed by atoms with Crippen LogP contribution in [-0.2, 0) is 6.54 Å². The maximum atomic E-state index is 3.37. The lowest BCUT2D eigenvalue weighted by molar-refractivity contribution is 0.753. The fraction of sp³-hybridized carbons (Fsp3) is 0.333. The minimum Gasteiger partial charge on any atom is -0.344 e. The highest BCUT2D eigenvalue weighted by Crippen LogP contribution is 2.29. The molecule has 0 aromatic carbocycles. The standard InChI is InChI=1S/C9H10N2/c1-2-9-8-5-10-4-7(8)6-11(9)3-1/h1-3,10H,4-6H2. The Labute approximate surface area is 65.5 Å². The first kappa shape index (κ1) is 5.61. The molecule has 1 N–H and O–H groups in total. The van der Waals surface area contributed by atoms with Crippen LogP contribution in [-0.4, -0.2) is 17.7 Å². The van der Waals surface area contributed by atoms with Gasteiger partial charge in [-0.3, -0.25) is 0 Å². The van der Waals surface area contributed by atoms with Crippen LogP contribution >= 0.6 is 0 Å². The van der Waals surface area contributed by atoms with Gasteiger partial charge in [-0.05, 0) is 23.3 Å². The van der Waals surface area contributed by atoms with Gasteiger partial charge in [-0.25, -0.2) is 0 Å². The van der Waals surface area contributed by atoms with Crippen molar-refractivity contribution in [2.75, 3.05) is 13.1 Å². The molecule has 2 heteroatoms. The molecule has 1 aromatic heterocycles. The van der Waals surface area contributed by atoms with Gasteiger partial charge in [0.2, 0.25) is 0 Å². The number of aromatic nitrogens is 1. The van der Waals surface area contributed by atoms with Crippen LogP contribution in [0, 0.1) is 0 Å². The number of hydrogen-bond acceptors (Lipinski definition) is 1. The quantitative estimate of drug-likeness (QED) is 0.574. The van der Waals surface area contributed by atoms with Crippen LogP contribution in [0.15, 0.2) is 23.9 Å². The van der Waals surface area contributed by atoms with Crippen molar-refractivity contribution in [3.8, 4) is 0 Å². The van der Waals surface area contributed by atoms with Crippen molar-refractivity contribution in [2.45, 2.75) is 6.54 Å². The first-order valence-corrected chi connectivity index (χ1v) is 4.02. The van der Waals surface area contributed by atoms with Crippen molar-refractivity contribution in [3.05, 3.63) is 29.6 Å². The maximum absolute atomic E-state index is 3.37. The second-order valence-corrected chi connectivity index (χ2v) is 3.21. The van der Waals surface area contributed by atoms with E-state index in [1.54, 1.807) is 5.57 Å². The smallest absolute Gasteiger partial charge is 0.0456 e. The van der Waals surface area contributed by atoms with Gasteiger partial charge in [0, 0.05) is 31.5 Å². The van der Waals surface area contributed by atoms with Crippen LogP contribution in [0.5, 0.6) is 0 Å². The predicted octanol–water partition coefficient (Wildman–Crippen LogP) is 0.858. The molecule has 3 heterocycles. The fourth-order valence-corrected chi connectivity index (χ4v) is 2.02. The van der Waals surface area contributed by atoms with E-state index < -0.39 is 0 Å². The third-order valence-corrected chi connectivity index (χ3v) is 2.57. The van der Waals surface area contributed by atoms with Gasteiger partial charge in [0.1, 0.15) is 0 Å². The summed E-state index contributed by atoms with van der Waals surface area (Å²) in [6.07, 6.45) is 2.16. The highest BCUT2D eigenvalue weighted by atomic mass is 15.0. The molecule has 0 bridgehead atoms. The van der Waals surface area contributed by atoms with Gasteiger partial charge < -0.3 is 9.88 Å². The summed E-state index contributed by atoms with van der Waals surface area (Å²) >= 11 is 0. The number of nitrogens with one attached hydrogen (secondary N) is 1. The van der Waals surface area contributed by atoms with Crippen LogP contribution in [0.25, 0.3) is 5.57 Å². The summed E-state index contributed by atoms with van der Waals surface area (Å²) in [7, 11) is 0. The molecule has 2 aliphatic rings. The normalized spacial score (nSPS) is 20.7. The topological polar surface area (TPSA) is 17.0 Å². The van der Waals surface area contributed by atoms with Crippen LogP contribution in [0.2, 0.25) is 0 Å². The monoisotopic (exact) mass is 146 g/mol. The Morgan fingerprint density at radius 3 is 3.36 bits per heavy atom. The largest absolute Gasteiger partial charge is 0.344 e. The Morgan fingerprint density at radius 2 is 2.36 bits per heavy atom. The summed E-state index contributed by atoms with van der Waals surface area (Å²) < 4.78 is 2.32. The molecule has 0 amide bonds. The second-order valence-electron chi connectivity index (χ2n) is 3.21. The highest BCUT2D eigenvalue weighted by molar-refractivity contribution is 5.73. The molecule has 56 valence electrons. The van der Waals surface area contributed by atoms with E-state index in [0.29, 0.717) is 0 Å². The molecule has 0 saturated heterocycles. The van der Waals surface area contributed by atoms with Crippen molar-refractivity contribution in [3.63, 3.8) is 0 Å². The number of rotatable bonds is 0. The van der Waals surface area contributed by atoms with Gasteiger partial charge in [0.15, 0.2) is 0 Å². The average molecular weight is 146 g/mol. The van der Waals surface area contributed by atoms with E-state index in [1.165, 1.54) is 11.3 Å². The molecule has 0 atom stereocenters. The Morgan fingerprint density at radius 1 is 1.36 bits per heavy atom. The molecule has 0 spiro atoms. The molecule has 0 saturated carbocycles. The second kappa shape index (κ2) is 1.77.